The van der Waals surface area contributed by atoms with Crippen LogP contribution in [0.2, 0.25) is 0 Å². The van der Waals surface area contributed by atoms with E-state index in [4.69, 9.17) is 5.73 Å². The molecule has 0 unspecified atom stereocenters. The lowest BCUT2D eigenvalue weighted by Crippen LogP contribution is -2.50. The van der Waals surface area contributed by atoms with E-state index in [-0.39, 0.29) is 17.9 Å². The van der Waals surface area contributed by atoms with Crippen molar-refractivity contribution in [2.24, 2.45) is 17.6 Å². The van der Waals surface area contributed by atoms with Crippen LogP contribution in [0.15, 0.2) is 54.6 Å². The smallest absolute Gasteiger partial charge is 0.241 e. The van der Waals surface area contributed by atoms with E-state index in [0.29, 0.717) is 5.69 Å². The molecule has 3 aliphatic rings. The average Bonchev–Trinajstić information content (AvgIpc) is 3.16. The minimum absolute atomic E-state index is 0.276. The van der Waals surface area contributed by atoms with Gasteiger partial charge in [0.1, 0.15) is 6.04 Å². The quantitative estimate of drug-likeness (QED) is 0.815. The molecule has 3 aliphatic heterocycles. The Labute approximate surface area is 162 Å². The maximum Gasteiger partial charge on any atom is 0.241 e. The third-order valence-corrected chi connectivity index (χ3v) is 6.00. The molecule has 5 rings (SSSR count). The molecule has 3 amide bonds. The van der Waals surface area contributed by atoms with Gasteiger partial charge in [0.2, 0.25) is 17.7 Å². The van der Waals surface area contributed by atoms with Crippen LogP contribution in [0.4, 0.5) is 11.4 Å². The van der Waals surface area contributed by atoms with Crippen molar-refractivity contribution in [2.45, 2.75) is 19.0 Å². The van der Waals surface area contributed by atoms with Crippen LogP contribution in [0.25, 0.3) is 6.08 Å². The van der Waals surface area contributed by atoms with Crippen molar-refractivity contribution < 1.29 is 14.4 Å². The van der Waals surface area contributed by atoms with E-state index in [1.54, 1.807) is 12.1 Å². The van der Waals surface area contributed by atoms with Crippen molar-refractivity contribution in [1.29, 1.82) is 0 Å². The van der Waals surface area contributed by atoms with Gasteiger partial charge in [0.15, 0.2) is 0 Å². The lowest BCUT2D eigenvalue weighted by atomic mass is 9.88. The van der Waals surface area contributed by atoms with Gasteiger partial charge in [-0.1, -0.05) is 48.0 Å². The van der Waals surface area contributed by atoms with Crippen molar-refractivity contribution in [3.8, 4) is 0 Å². The van der Waals surface area contributed by atoms with Crippen LogP contribution in [0.1, 0.15) is 11.1 Å². The maximum atomic E-state index is 13.3. The number of fused-ring (bicyclic) bond motifs is 5. The van der Waals surface area contributed by atoms with Crippen LogP contribution in [0, 0.1) is 18.8 Å². The van der Waals surface area contributed by atoms with Crippen LogP contribution >= 0.6 is 0 Å². The van der Waals surface area contributed by atoms with Gasteiger partial charge in [-0.25, -0.2) is 4.90 Å². The third kappa shape index (κ3) is 2.11. The molecular weight excluding hydrogens is 354 g/mol. The normalized spacial score (nSPS) is 27.6. The highest BCUT2D eigenvalue weighted by Crippen LogP contribution is 2.48. The van der Waals surface area contributed by atoms with Crippen LogP contribution < -0.4 is 15.5 Å². The van der Waals surface area contributed by atoms with Gasteiger partial charge in [-0.3, -0.25) is 14.4 Å². The molecule has 0 bridgehead atoms. The largest absolute Gasteiger partial charge is 0.368 e. The molecule has 0 radical (unpaired) electrons. The highest BCUT2D eigenvalue weighted by Gasteiger charge is 2.64. The Balaban J connectivity index is 1.62. The first-order valence-electron chi connectivity index (χ1n) is 9.28. The second-order valence-corrected chi connectivity index (χ2v) is 7.56. The number of hydrogen-bond acceptors (Lipinski definition) is 4. The van der Waals surface area contributed by atoms with Crippen LogP contribution in [-0.4, -0.2) is 29.8 Å². The monoisotopic (exact) mass is 373 g/mol. The van der Waals surface area contributed by atoms with Crippen molar-refractivity contribution in [3.05, 3.63) is 65.7 Å². The van der Waals surface area contributed by atoms with Crippen molar-refractivity contribution in [3.63, 3.8) is 0 Å². The Morgan fingerprint density at radius 3 is 2.36 bits per heavy atom. The number of primary amides is 1. The number of benzene rings is 2. The summed E-state index contributed by atoms with van der Waals surface area (Å²) in [4.78, 5) is 42.1. The number of hydrogen-bond donors (Lipinski definition) is 1. The highest BCUT2D eigenvalue weighted by atomic mass is 16.2. The van der Waals surface area contributed by atoms with Gasteiger partial charge in [-0.15, -0.1) is 0 Å². The molecule has 2 N–H and O–H groups in total. The fourth-order valence-corrected chi connectivity index (χ4v) is 4.79. The fraction of sp³-hybridized carbons (Fsp3) is 0.227. The van der Waals surface area contributed by atoms with Crippen LogP contribution in [-0.2, 0) is 14.4 Å². The number of carbonyl (C=O) groups is 3. The number of aryl methyl sites for hydroxylation is 1. The second kappa shape index (κ2) is 5.79. The number of amides is 3. The SMILES string of the molecule is Cc1ccc(N2C(=O)[C@@H]3[C@@H](C2=O)[C@@H]2C=Cc4ccccc4N2[C@@H]3C(N)=O)cc1. The molecule has 2 aromatic carbocycles. The zero-order valence-corrected chi connectivity index (χ0v) is 15.3. The summed E-state index contributed by atoms with van der Waals surface area (Å²) in [7, 11) is 0. The first-order chi connectivity index (χ1) is 13.5. The van der Waals surface area contributed by atoms with Gasteiger partial charge in [0.05, 0.1) is 23.6 Å². The van der Waals surface area contributed by atoms with Gasteiger partial charge >= 0.3 is 0 Å². The van der Waals surface area contributed by atoms with E-state index in [1.807, 2.05) is 60.4 Å². The Morgan fingerprint density at radius 2 is 1.64 bits per heavy atom. The lowest BCUT2D eigenvalue weighted by Gasteiger charge is -2.35. The van der Waals surface area contributed by atoms with E-state index in [0.717, 1.165) is 16.8 Å². The van der Waals surface area contributed by atoms with Gasteiger partial charge < -0.3 is 10.6 Å². The highest BCUT2D eigenvalue weighted by molar-refractivity contribution is 6.24. The summed E-state index contributed by atoms with van der Waals surface area (Å²) in [6, 6.07) is 13.6. The number of nitrogens with two attached hydrogens (primary N) is 1. The standard InChI is InChI=1S/C22H19N3O3/c1-12-6-9-14(10-7-12)24-21(27)17-16-11-8-13-4-2-3-5-15(13)25(16)19(20(23)26)18(17)22(24)28/h2-11,16-19H,1H3,(H2,23,26)/t16-,17-,18+,19-/m0/s1. The van der Waals surface area contributed by atoms with E-state index in [1.165, 1.54) is 4.90 Å². The molecule has 3 heterocycles. The maximum absolute atomic E-state index is 13.3. The number of carbonyl (C=O) groups excluding carboxylic acids is 3. The molecule has 2 aromatic rings. The van der Waals surface area contributed by atoms with E-state index in [2.05, 4.69) is 0 Å². The zero-order chi connectivity index (χ0) is 19.6. The molecule has 0 spiro atoms. The first kappa shape index (κ1) is 16.7. The molecule has 0 aromatic heterocycles. The Kier molecular flexibility index (Phi) is 3.46. The molecule has 140 valence electrons. The van der Waals surface area contributed by atoms with Gasteiger partial charge in [-0.2, -0.15) is 0 Å². The Morgan fingerprint density at radius 1 is 0.964 bits per heavy atom. The first-order valence-corrected chi connectivity index (χ1v) is 9.28. The second-order valence-electron chi connectivity index (χ2n) is 7.56. The topological polar surface area (TPSA) is 83.7 Å². The van der Waals surface area contributed by atoms with Crippen molar-refractivity contribution in [1.82, 2.24) is 0 Å². The van der Waals surface area contributed by atoms with Crippen LogP contribution in [0.3, 0.4) is 0 Å². The van der Waals surface area contributed by atoms with Gasteiger partial charge in [-0.05, 0) is 30.7 Å². The fourth-order valence-electron chi connectivity index (χ4n) is 4.79. The van der Waals surface area contributed by atoms with Crippen LogP contribution in [0.5, 0.6) is 0 Å². The summed E-state index contributed by atoms with van der Waals surface area (Å²) >= 11 is 0. The van der Waals surface area contributed by atoms with Gasteiger partial charge in [0, 0.05) is 5.69 Å². The summed E-state index contributed by atoms with van der Waals surface area (Å²) in [5.41, 5.74) is 9.09. The summed E-state index contributed by atoms with van der Waals surface area (Å²) in [5.74, 6) is -2.64. The Hall–Kier alpha value is -3.41. The molecule has 4 atom stereocenters. The molecule has 2 fully saturated rings. The van der Waals surface area contributed by atoms with Crippen molar-refractivity contribution in [2.75, 3.05) is 9.80 Å². The predicted octanol–water partition coefficient (Wildman–Crippen LogP) is 1.87. The summed E-state index contributed by atoms with van der Waals surface area (Å²) in [6.45, 7) is 1.94. The number of anilines is 2. The van der Waals surface area contributed by atoms with E-state index in [9.17, 15) is 14.4 Å². The number of para-hydroxylation sites is 1. The number of imide groups is 1. The Bertz CT molecular complexity index is 1040. The minimum atomic E-state index is -0.854. The third-order valence-electron chi connectivity index (χ3n) is 6.00. The summed E-state index contributed by atoms with van der Waals surface area (Å²) in [6.07, 6.45) is 3.86. The molecule has 0 saturated carbocycles. The lowest BCUT2D eigenvalue weighted by molar-refractivity contribution is -0.127. The minimum Gasteiger partial charge on any atom is -0.368 e. The number of nitrogens with zero attached hydrogens (tertiary/aromatic N) is 2. The molecule has 6 nitrogen and oxygen atoms in total. The summed E-state index contributed by atoms with van der Waals surface area (Å²) in [5, 5.41) is 0. The molecule has 2 saturated heterocycles. The molecule has 6 heteroatoms. The average molecular weight is 373 g/mol. The van der Waals surface area contributed by atoms with Gasteiger partial charge in [0.25, 0.3) is 0 Å². The zero-order valence-electron chi connectivity index (χ0n) is 15.3. The summed E-state index contributed by atoms with van der Waals surface area (Å²) < 4.78 is 0. The molecular formula is C22H19N3O3. The molecule has 28 heavy (non-hydrogen) atoms. The number of rotatable bonds is 2. The van der Waals surface area contributed by atoms with E-state index >= 15 is 0 Å². The predicted molar refractivity (Wildman–Crippen MR) is 105 cm³/mol. The van der Waals surface area contributed by atoms with Crippen molar-refractivity contribution >= 4 is 35.2 Å². The molecule has 0 aliphatic carbocycles. The van der Waals surface area contributed by atoms with E-state index < -0.39 is 23.8 Å².